The van der Waals surface area contributed by atoms with Gasteiger partial charge in [0.25, 0.3) is 6.43 Å². The minimum absolute atomic E-state index is 0.0934. The summed E-state index contributed by atoms with van der Waals surface area (Å²) in [5, 5.41) is 7.07. The monoisotopic (exact) mass is 369 g/mol. The molecule has 1 aliphatic heterocycles. The molecule has 0 saturated heterocycles. The van der Waals surface area contributed by atoms with Crippen molar-refractivity contribution in [2.45, 2.75) is 57.9 Å². The van der Waals surface area contributed by atoms with Gasteiger partial charge < -0.3 is 4.84 Å². The van der Waals surface area contributed by atoms with Gasteiger partial charge in [0, 0.05) is 18.5 Å². The number of aryl methyl sites for hydroxylation is 1. The van der Waals surface area contributed by atoms with Gasteiger partial charge in [0.2, 0.25) is 0 Å². The van der Waals surface area contributed by atoms with Crippen molar-refractivity contribution in [3.63, 3.8) is 0 Å². The summed E-state index contributed by atoms with van der Waals surface area (Å²) in [6.45, 7) is 5.53. The van der Waals surface area contributed by atoms with Gasteiger partial charge in [-0.1, -0.05) is 23.7 Å². The molecular formula is C13H18ClF2N3O3S. The van der Waals surface area contributed by atoms with Crippen molar-refractivity contribution in [3.05, 3.63) is 16.4 Å². The second kappa shape index (κ2) is 6.35. The van der Waals surface area contributed by atoms with Crippen molar-refractivity contribution in [2.75, 3.05) is 0 Å². The second-order valence-electron chi connectivity index (χ2n) is 5.59. The van der Waals surface area contributed by atoms with Crippen molar-refractivity contribution < 1.29 is 22.0 Å². The van der Waals surface area contributed by atoms with Crippen molar-refractivity contribution in [1.82, 2.24) is 9.78 Å². The third kappa shape index (κ3) is 3.50. The normalized spacial score (nSPS) is 21.6. The van der Waals surface area contributed by atoms with Gasteiger partial charge in [-0.3, -0.25) is 4.68 Å². The molecule has 23 heavy (non-hydrogen) atoms. The van der Waals surface area contributed by atoms with Gasteiger partial charge in [-0.25, -0.2) is 17.2 Å². The van der Waals surface area contributed by atoms with Crippen LogP contribution in [0.3, 0.4) is 0 Å². The summed E-state index contributed by atoms with van der Waals surface area (Å²) in [7, 11) is -3.91. The zero-order chi connectivity index (χ0) is 17.4. The first kappa shape index (κ1) is 18.1. The molecule has 0 radical (unpaired) electrons. The maximum absolute atomic E-state index is 13.1. The molecule has 0 amide bonds. The summed E-state index contributed by atoms with van der Waals surface area (Å²) in [5.41, 5.74) is -1.49. The lowest BCUT2D eigenvalue weighted by molar-refractivity contribution is -0.00605. The average molecular weight is 370 g/mol. The molecule has 0 aliphatic carbocycles. The maximum atomic E-state index is 13.1. The van der Waals surface area contributed by atoms with Gasteiger partial charge in [-0.15, -0.1) is 0 Å². The van der Waals surface area contributed by atoms with Crippen LogP contribution in [0.4, 0.5) is 8.78 Å². The van der Waals surface area contributed by atoms with E-state index in [0.717, 1.165) is 4.68 Å². The molecule has 1 aromatic rings. The van der Waals surface area contributed by atoms with Gasteiger partial charge in [0.1, 0.15) is 16.4 Å². The number of hydrogen-bond donors (Lipinski definition) is 0. The van der Waals surface area contributed by atoms with Crippen LogP contribution in [-0.2, 0) is 27.0 Å². The third-order valence-corrected chi connectivity index (χ3v) is 5.88. The number of aromatic nitrogens is 2. The molecule has 0 spiro atoms. The molecule has 0 fully saturated rings. The Morgan fingerprint density at radius 2 is 2.09 bits per heavy atom. The van der Waals surface area contributed by atoms with Crippen LogP contribution in [0.2, 0.25) is 5.15 Å². The molecular weight excluding hydrogens is 352 g/mol. The number of hydrogen-bond acceptors (Lipinski definition) is 5. The minimum Gasteiger partial charge on any atom is -0.388 e. The Bertz CT molecular complexity index is 733. The van der Waals surface area contributed by atoms with Gasteiger partial charge >= 0.3 is 0 Å². The first-order valence-corrected chi connectivity index (χ1v) is 9.17. The fourth-order valence-electron chi connectivity index (χ4n) is 2.19. The predicted molar refractivity (Wildman–Crippen MR) is 82.3 cm³/mol. The summed E-state index contributed by atoms with van der Waals surface area (Å²) in [5.74, 6) is -0.673. The summed E-state index contributed by atoms with van der Waals surface area (Å²) in [6.07, 6.45) is -2.23. The lowest BCUT2D eigenvalue weighted by Crippen LogP contribution is -2.26. The van der Waals surface area contributed by atoms with Crippen LogP contribution in [0.1, 0.15) is 51.3 Å². The highest BCUT2D eigenvalue weighted by Crippen LogP contribution is 2.33. The summed E-state index contributed by atoms with van der Waals surface area (Å²) in [6, 6.07) is 0. The molecule has 6 nitrogen and oxygen atoms in total. The standard InChI is InChI=1S/C13H18ClF2N3O3S/c1-4-13(3)6-9(18-22-13)23(20,21)7-8-10(12(15)16)17-19(5-2)11(8)14/h12H,4-7H2,1-3H3. The maximum Gasteiger partial charge on any atom is 0.282 e. The highest BCUT2D eigenvalue weighted by atomic mass is 35.5. The van der Waals surface area contributed by atoms with Crippen LogP contribution < -0.4 is 0 Å². The van der Waals surface area contributed by atoms with Crippen molar-refractivity contribution >= 4 is 26.5 Å². The fraction of sp³-hybridized carbons (Fsp3) is 0.692. The van der Waals surface area contributed by atoms with Gasteiger partial charge in [0.05, 0.1) is 5.75 Å². The number of sulfone groups is 1. The second-order valence-corrected chi connectivity index (χ2v) is 7.93. The molecule has 130 valence electrons. The number of oxime groups is 1. The van der Waals surface area contributed by atoms with E-state index in [1.165, 1.54) is 0 Å². The molecule has 10 heteroatoms. The van der Waals surface area contributed by atoms with E-state index in [1.54, 1.807) is 13.8 Å². The Kier molecular flexibility index (Phi) is 5.00. The van der Waals surface area contributed by atoms with Crippen LogP contribution in [0.15, 0.2) is 5.16 Å². The Morgan fingerprint density at radius 1 is 1.43 bits per heavy atom. The first-order valence-electron chi connectivity index (χ1n) is 7.14. The molecule has 0 bridgehead atoms. The van der Waals surface area contributed by atoms with Gasteiger partial charge in [-0.2, -0.15) is 5.10 Å². The molecule has 0 saturated carbocycles. The van der Waals surface area contributed by atoms with Crippen molar-refractivity contribution in [1.29, 1.82) is 0 Å². The fourth-order valence-corrected chi connectivity index (χ4v) is 4.10. The third-order valence-electron chi connectivity index (χ3n) is 3.85. The Labute approximate surface area is 138 Å². The molecule has 0 N–H and O–H groups in total. The van der Waals surface area contributed by atoms with Crippen LogP contribution in [-0.4, -0.2) is 28.8 Å². The average Bonchev–Trinajstić information content (AvgIpc) is 3.02. The predicted octanol–water partition coefficient (Wildman–Crippen LogP) is 3.31. The van der Waals surface area contributed by atoms with E-state index in [4.69, 9.17) is 16.4 Å². The lowest BCUT2D eigenvalue weighted by Gasteiger charge is -2.18. The van der Waals surface area contributed by atoms with E-state index in [1.807, 2.05) is 6.92 Å². The van der Waals surface area contributed by atoms with Crippen LogP contribution >= 0.6 is 11.6 Å². The number of rotatable bonds is 5. The molecule has 1 unspecified atom stereocenters. The Balaban J connectivity index is 2.34. The van der Waals surface area contributed by atoms with Gasteiger partial charge in [0.15, 0.2) is 14.9 Å². The van der Waals surface area contributed by atoms with E-state index < -0.39 is 33.3 Å². The lowest BCUT2D eigenvalue weighted by atomic mass is 10.0. The van der Waals surface area contributed by atoms with Crippen LogP contribution in [0, 0.1) is 0 Å². The Morgan fingerprint density at radius 3 is 2.57 bits per heavy atom. The first-order chi connectivity index (χ1) is 10.6. The van der Waals surface area contributed by atoms with E-state index in [0.29, 0.717) is 6.42 Å². The summed E-state index contributed by atoms with van der Waals surface area (Å²) >= 11 is 6.00. The number of halogens is 3. The minimum atomic E-state index is -3.91. The van der Waals surface area contributed by atoms with Crippen LogP contribution in [0.5, 0.6) is 0 Å². The summed E-state index contributed by atoms with van der Waals surface area (Å²) in [4.78, 5) is 5.17. The zero-order valence-electron chi connectivity index (χ0n) is 13.0. The number of nitrogens with zero attached hydrogens (tertiary/aromatic N) is 3. The molecule has 2 rings (SSSR count). The number of alkyl halides is 2. The Hall–Kier alpha value is -1.22. The van der Waals surface area contributed by atoms with E-state index in [-0.39, 0.29) is 28.7 Å². The van der Waals surface area contributed by atoms with Crippen LogP contribution in [0.25, 0.3) is 0 Å². The molecule has 1 aromatic heterocycles. The molecule has 1 aliphatic rings. The molecule has 2 heterocycles. The quantitative estimate of drug-likeness (QED) is 0.798. The molecule has 1 atom stereocenters. The van der Waals surface area contributed by atoms with Crippen molar-refractivity contribution in [3.8, 4) is 0 Å². The zero-order valence-corrected chi connectivity index (χ0v) is 14.6. The van der Waals surface area contributed by atoms with Gasteiger partial charge in [-0.05, 0) is 20.3 Å². The highest BCUT2D eigenvalue weighted by Gasteiger charge is 2.39. The smallest absolute Gasteiger partial charge is 0.282 e. The van der Waals surface area contributed by atoms with E-state index >= 15 is 0 Å². The topological polar surface area (TPSA) is 73.5 Å². The SMILES string of the molecule is CCn1nc(C(F)F)c(CS(=O)(=O)C2=NOC(C)(CC)C2)c1Cl. The largest absolute Gasteiger partial charge is 0.388 e. The van der Waals surface area contributed by atoms with Crippen molar-refractivity contribution in [2.24, 2.45) is 5.16 Å². The summed E-state index contributed by atoms with van der Waals surface area (Å²) < 4.78 is 52.3. The van der Waals surface area contributed by atoms with E-state index in [9.17, 15) is 17.2 Å². The van der Waals surface area contributed by atoms with E-state index in [2.05, 4.69) is 10.3 Å². The molecule has 0 aromatic carbocycles. The highest BCUT2D eigenvalue weighted by molar-refractivity contribution is 8.05.